The molecule has 1 aromatic rings. The van der Waals surface area contributed by atoms with E-state index in [1.165, 1.54) is 12.8 Å². The summed E-state index contributed by atoms with van der Waals surface area (Å²) in [5.74, 6) is 0.897. The van der Waals surface area contributed by atoms with Crippen LogP contribution in [-0.2, 0) is 4.79 Å². The van der Waals surface area contributed by atoms with Gasteiger partial charge in [0, 0.05) is 12.1 Å². The SMILES string of the molecule is O=C1CC2=CI=C(NCC3CC3)N=C2c2ccccc2N1. The summed E-state index contributed by atoms with van der Waals surface area (Å²) in [6, 6.07) is 7.92. The van der Waals surface area contributed by atoms with E-state index in [1.54, 1.807) is 0 Å². The van der Waals surface area contributed by atoms with Gasteiger partial charge in [-0.05, 0) is 34.5 Å². The molecule has 1 aliphatic carbocycles. The predicted molar refractivity (Wildman–Crippen MR) is 94.1 cm³/mol. The van der Waals surface area contributed by atoms with Gasteiger partial charge >= 0.3 is 0 Å². The summed E-state index contributed by atoms with van der Waals surface area (Å²) >= 11 is -0.247. The zero-order valence-electron chi connectivity index (χ0n) is 11.5. The van der Waals surface area contributed by atoms with E-state index in [9.17, 15) is 4.79 Å². The number of nitrogens with one attached hydrogen (secondary N) is 2. The number of carbonyl (C=O) groups excluding carboxylic acids is 1. The highest BCUT2D eigenvalue weighted by atomic mass is 127. The highest BCUT2D eigenvalue weighted by Gasteiger charge is 2.25. The molecule has 4 rings (SSSR count). The molecule has 3 aliphatic rings. The van der Waals surface area contributed by atoms with Crippen molar-refractivity contribution in [2.45, 2.75) is 19.3 Å². The van der Waals surface area contributed by atoms with Crippen LogP contribution in [0.5, 0.6) is 0 Å². The van der Waals surface area contributed by atoms with Gasteiger partial charge in [-0.3, -0.25) is 10.1 Å². The van der Waals surface area contributed by atoms with Crippen LogP contribution in [0.2, 0.25) is 0 Å². The van der Waals surface area contributed by atoms with Crippen LogP contribution in [0.4, 0.5) is 5.69 Å². The van der Waals surface area contributed by atoms with Crippen molar-refractivity contribution < 1.29 is 4.79 Å². The monoisotopic (exact) mass is 393 g/mol. The number of anilines is 1. The van der Waals surface area contributed by atoms with Gasteiger partial charge in [-0.1, -0.05) is 38.9 Å². The fourth-order valence-corrected chi connectivity index (χ4v) is 4.52. The Kier molecular flexibility index (Phi) is 3.46. The Morgan fingerprint density at radius 1 is 1.33 bits per heavy atom. The van der Waals surface area contributed by atoms with Crippen molar-refractivity contribution in [1.82, 2.24) is 5.32 Å². The average molecular weight is 393 g/mol. The van der Waals surface area contributed by atoms with E-state index < -0.39 is 0 Å². The number of rotatable bonds is 3. The fraction of sp³-hybridized carbons (Fsp3) is 0.312. The Morgan fingerprint density at radius 2 is 2.19 bits per heavy atom. The highest BCUT2D eigenvalue weighted by Crippen LogP contribution is 2.31. The van der Waals surface area contributed by atoms with Crippen molar-refractivity contribution in [3.63, 3.8) is 0 Å². The fourth-order valence-electron chi connectivity index (χ4n) is 2.51. The van der Waals surface area contributed by atoms with Crippen LogP contribution in [0, 0.1) is 5.92 Å². The third kappa shape index (κ3) is 2.85. The molecule has 1 fully saturated rings. The minimum absolute atomic E-state index is 0.0531. The van der Waals surface area contributed by atoms with Crippen LogP contribution < -0.4 is 10.6 Å². The Hall–Kier alpha value is -1.34. The van der Waals surface area contributed by atoms with E-state index in [1.807, 2.05) is 24.3 Å². The number of carbonyl (C=O) groups is 1. The largest absolute Gasteiger partial charge is 0.325 e. The summed E-state index contributed by atoms with van der Waals surface area (Å²) < 4.78 is 3.38. The van der Waals surface area contributed by atoms with Gasteiger partial charge in [0.05, 0.1) is 17.8 Å². The number of nitrogens with zero attached hydrogens (tertiary/aromatic N) is 1. The summed E-state index contributed by atoms with van der Waals surface area (Å²) in [6.45, 7) is 1.05. The minimum Gasteiger partial charge on any atom is -0.325 e. The first-order valence-electron chi connectivity index (χ1n) is 7.21. The van der Waals surface area contributed by atoms with Crippen molar-refractivity contribution in [2.24, 2.45) is 10.9 Å². The Balaban J connectivity index is 1.70. The third-order valence-electron chi connectivity index (χ3n) is 3.84. The van der Waals surface area contributed by atoms with Crippen LogP contribution in [0.3, 0.4) is 0 Å². The lowest BCUT2D eigenvalue weighted by molar-refractivity contribution is -0.115. The molecule has 0 bridgehead atoms. The quantitative estimate of drug-likeness (QED) is 0.777. The first kappa shape index (κ1) is 13.3. The molecule has 4 nitrogen and oxygen atoms in total. The number of hydrogen-bond acceptors (Lipinski definition) is 3. The Bertz CT molecular complexity index is 701. The standard InChI is InChI=1S/C16H16IN3O/c21-14-7-11-8-17-16(18-9-10-5-6-10)20-15(11)12-3-1-2-4-13(12)19-14/h1-4,8,10H,5-7,9H2,(H,18,20)(H,19,21). The molecule has 1 saturated carbocycles. The summed E-state index contributed by atoms with van der Waals surface area (Å²) in [7, 11) is 0. The van der Waals surface area contributed by atoms with E-state index >= 15 is 0 Å². The highest BCUT2D eigenvalue weighted by molar-refractivity contribution is 14.2. The zero-order chi connectivity index (χ0) is 14.2. The number of halogens is 1. The van der Waals surface area contributed by atoms with Crippen molar-refractivity contribution in [1.29, 1.82) is 0 Å². The lowest BCUT2D eigenvalue weighted by atomic mass is 10.0. The minimum atomic E-state index is -0.247. The molecule has 1 amide bonds. The molecule has 0 unspecified atom stereocenters. The topological polar surface area (TPSA) is 53.5 Å². The molecule has 21 heavy (non-hydrogen) atoms. The second kappa shape index (κ2) is 5.46. The maximum atomic E-state index is 12.0. The van der Waals surface area contributed by atoms with Gasteiger partial charge in [0.1, 0.15) is 3.76 Å². The number of benzene rings is 1. The van der Waals surface area contributed by atoms with Gasteiger partial charge in [0.15, 0.2) is 0 Å². The third-order valence-corrected chi connectivity index (χ3v) is 6.12. The molecule has 1 aromatic carbocycles. The van der Waals surface area contributed by atoms with E-state index in [0.29, 0.717) is 6.42 Å². The molecule has 0 radical (unpaired) electrons. The van der Waals surface area contributed by atoms with Crippen LogP contribution in [0.1, 0.15) is 24.8 Å². The maximum Gasteiger partial charge on any atom is 0.228 e. The van der Waals surface area contributed by atoms with E-state index in [0.717, 1.165) is 38.8 Å². The van der Waals surface area contributed by atoms with Gasteiger partial charge in [-0.25, -0.2) is 4.99 Å². The number of fused-ring (bicyclic) bond motifs is 3. The van der Waals surface area contributed by atoms with Crippen LogP contribution in [0.25, 0.3) is 0 Å². The lowest BCUT2D eigenvalue weighted by Gasteiger charge is -2.14. The van der Waals surface area contributed by atoms with Gasteiger partial charge < -0.3 is 5.32 Å². The second-order valence-electron chi connectivity index (χ2n) is 5.59. The predicted octanol–water partition coefficient (Wildman–Crippen LogP) is 2.77. The summed E-state index contributed by atoms with van der Waals surface area (Å²) in [5.41, 5.74) is 3.95. The molecule has 5 heteroatoms. The Labute approximate surface area is 133 Å². The second-order valence-corrected chi connectivity index (χ2v) is 7.86. The van der Waals surface area contributed by atoms with Crippen LogP contribution in [0.15, 0.2) is 38.9 Å². The summed E-state index contributed by atoms with van der Waals surface area (Å²) in [4.78, 5) is 16.8. The maximum absolute atomic E-state index is 12.0. The summed E-state index contributed by atoms with van der Waals surface area (Å²) in [5, 5.41) is 6.48. The van der Waals surface area contributed by atoms with Crippen LogP contribution in [-0.4, -0.2) is 21.9 Å². The first-order valence-corrected chi connectivity index (χ1v) is 9.53. The van der Waals surface area contributed by atoms with Crippen LogP contribution >= 0.6 is 20.7 Å². The van der Waals surface area contributed by atoms with Crippen molar-refractivity contribution >= 4 is 41.8 Å². The molecule has 108 valence electrons. The molecule has 2 aliphatic heterocycles. The van der Waals surface area contributed by atoms with Gasteiger partial charge in [-0.2, -0.15) is 0 Å². The van der Waals surface area contributed by atoms with Crippen molar-refractivity contribution in [2.75, 3.05) is 11.9 Å². The number of hydrogen-bond donors (Lipinski definition) is 2. The Morgan fingerprint density at radius 3 is 3.05 bits per heavy atom. The van der Waals surface area contributed by atoms with Gasteiger partial charge in [0.25, 0.3) is 0 Å². The first-order chi connectivity index (χ1) is 10.3. The van der Waals surface area contributed by atoms with E-state index in [-0.39, 0.29) is 26.6 Å². The zero-order valence-corrected chi connectivity index (χ0v) is 13.7. The molecule has 0 atom stereocenters. The number of aliphatic imine (C=N–C) groups is 1. The molecular weight excluding hydrogens is 377 g/mol. The van der Waals surface area contributed by atoms with E-state index in [2.05, 4.69) is 14.7 Å². The molecule has 2 heterocycles. The molecule has 0 saturated heterocycles. The molecular formula is C16H16IN3O. The summed E-state index contributed by atoms with van der Waals surface area (Å²) in [6.07, 6.45) is 3.12. The van der Waals surface area contributed by atoms with Crippen molar-refractivity contribution in [3.8, 4) is 0 Å². The van der Waals surface area contributed by atoms with Crippen molar-refractivity contribution in [3.05, 3.63) is 39.5 Å². The molecule has 0 spiro atoms. The molecule has 0 aromatic heterocycles. The molecule has 2 N–H and O–H groups in total. The average Bonchev–Trinajstić information content (AvgIpc) is 3.31. The normalized spacial score (nSPS) is 20.8. The van der Waals surface area contributed by atoms with Gasteiger partial charge in [-0.15, -0.1) is 0 Å². The smallest absolute Gasteiger partial charge is 0.228 e. The number of amides is 1. The van der Waals surface area contributed by atoms with Gasteiger partial charge in [0.2, 0.25) is 5.91 Å². The lowest BCUT2D eigenvalue weighted by Crippen LogP contribution is -2.25. The van der Waals surface area contributed by atoms with E-state index in [4.69, 9.17) is 4.99 Å². The number of para-hydroxylation sites is 1.